The zero-order valence-corrected chi connectivity index (χ0v) is 10.9. The Balaban J connectivity index is 1.53. The van der Waals surface area contributed by atoms with Gasteiger partial charge in [-0.05, 0) is 24.6 Å². The second-order valence-electron chi connectivity index (χ2n) is 4.55. The monoisotopic (exact) mass is 269 g/mol. The number of aromatic nitrogens is 4. The summed E-state index contributed by atoms with van der Waals surface area (Å²) in [5, 5.41) is 14.8. The van der Waals surface area contributed by atoms with Gasteiger partial charge in [-0.3, -0.25) is 14.6 Å². The molecule has 0 saturated carbocycles. The normalized spacial score (nSPS) is 10.8. The van der Waals surface area contributed by atoms with Crippen LogP contribution in [0.1, 0.15) is 16.8 Å². The number of amides is 1. The van der Waals surface area contributed by atoms with Crippen LogP contribution in [0.25, 0.3) is 10.9 Å². The molecular weight excluding hydrogens is 254 g/mol. The summed E-state index contributed by atoms with van der Waals surface area (Å²) in [6, 6.07) is 7.39. The maximum absolute atomic E-state index is 12.0. The zero-order chi connectivity index (χ0) is 13.8. The van der Waals surface area contributed by atoms with Crippen molar-refractivity contribution in [1.82, 2.24) is 25.3 Å². The highest BCUT2D eigenvalue weighted by Gasteiger charge is 2.06. The first-order valence-electron chi connectivity index (χ1n) is 6.52. The van der Waals surface area contributed by atoms with Gasteiger partial charge < -0.3 is 5.32 Å². The van der Waals surface area contributed by atoms with Gasteiger partial charge in [-0.25, -0.2) is 0 Å². The summed E-state index contributed by atoms with van der Waals surface area (Å²) in [4.78, 5) is 12.0. The molecule has 3 aromatic rings. The largest absolute Gasteiger partial charge is 0.352 e. The molecule has 0 bridgehead atoms. The van der Waals surface area contributed by atoms with Crippen molar-refractivity contribution < 1.29 is 4.79 Å². The maximum atomic E-state index is 12.0. The number of hydrogen-bond acceptors (Lipinski definition) is 3. The molecule has 1 aromatic carbocycles. The number of aryl methyl sites for hydroxylation is 1. The van der Waals surface area contributed by atoms with Crippen molar-refractivity contribution in [3.63, 3.8) is 0 Å². The van der Waals surface area contributed by atoms with E-state index in [0.29, 0.717) is 12.1 Å². The van der Waals surface area contributed by atoms with Gasteiger partial charge in [0.15, 0.2) is 0 Å². The minimum atomic E-state index is -0.0676. The van der Waals surface area contributed by atoms with E-state index < -0.39 is 0 Å². The van der Waals surface area contributed by atoms with Crippen molar-refractivity contribution in [2.45, 2.75) is 13.0 Å². The van der Waals surface area contributed by atoms with Gasteiger partial charge in [-0.15, -0.1) is 0 Å². The molecule has 0 fully saturated rings. The van der Waals surface area contributed by atoms with Crippen molar-refractivity contribution in [3.05, 3.63) is 48.4 Å². The van der Waals surface area contributed by atoms with E-state index in [2.05, 4.69) is 20.6 Å². The van der Waals surface area contributed by atoms with Crippen LogP contribution in [-0.2, 0) is 6.54 Å². The topological polar surface area (TPSA) is 75.6 Å². The molecule has 0 aliphatic rings. The second kappa shape index (κ2) is 5.56. The van der Waals surface area contributed by atoms with Crippen LogP contribution in [-0.4, -0.2) is 32.4 Å². The Morgan fingerprint density at radius 1 is 1.40 bits per heavy atom. The van der Waals surface area contributed by atoms with Crippen LogP contribution in [0.4, 0.5) is 0 Å². The highest BCUT2D eigenvalue weighted by atomic mass is 16.1. The smallest absolute Gasteiger partial charge is 0.251 e. The Labute approximate surface area is 115 Å². The van der Waals surface area contributed by atoms with Crippen molar-refractivity contribution in [1.29, 1.82) is 0 Å². The fourth-order valence-electron chi connectivity index (χ4n) is 2.06. The maximum Gasteiger partial charge on any atom is 0.251 e. The highest BCUT2D eigenvalue weighted by molar-refractivity contribution is 5.97. The molecular formula is C14H15N5O. The molecule has 0 aliphatic carbocycles. The molecule has 6 nitrogen and oxygen atoms in total. The van der Waals surface area contributed by atoms with Crippen LogP contribution in [0.15, 0.2) is 42.9 Å². The van der Waals surface area contributed by atoms with E-state index >= 15 is 0 Å². The summed E-state index contributed by atoms with van der Waals surface area (Å²) in [5.41, 5.74) is 1.51. The number of carbonyl (C=O) groups is 1. The quantitative estimate of drug-likeness (QED) is 0.690. The SMILES string of the molecule is O=C(NCCCn1cccn1)c1ccc2cn[nH]c2c1. The van der Waals surface area contributed by atoms with E-state index in [1.165, 1.54) is 0 Å². The standard InChI is InChI=1S/C14H15N5O/c20-14(15-5-1-7-19-8-2-6-17-19)11-3-4-12-10-16-18-13(12)9-11/h2-4,6,8-10H,1,5,7H2,(H,15,20)(H,16,18). The molecule has 0 aliphatic heterocycles. The molecule has 3 rings (SSSR count). The first kappa shape index (κ1) is 12.4. The average molecular weight is 269 g/mol. The molecule has 20 heavy (non-hydrogen) atoms. The van der Waals surface area contributed by atoms with E-state index in [1.807, 2.05) is 29.1 Å². The van der Waals surface area contributed by atoms with E-state index in [1.54, 1.807) is 18.5 Å². The first-order chi connectivity index (χ1) is 9.83. The van der Waals surface area contributed by atoms with Crippen LogP contribution in [0, 0.1) is 0 Å². The molecule has 0 radical (unpaired) electrons. The van der Waals surface area contributed by atoms with E-state index in [4.69, 9.17) is 0 Å². The molecule has 0 atom stereocenters. The lowest BCUT2D eigenvalue weighted by Crippen LogP contribution is -2.25. The molecule has 1 amide bonds. The van der Waals surface area contributed by atoms with Gasteiger partial charge in [0.05, 0.1) is 11.7 Å². The Morgan fingerprint density at radius 3 is 3.20 bits per heavy atom. The van der Waals surface area contributed by atoms with Gasteiger partial charge in [-0.1, -0.05) is 6.07 Å². The lowest BCUT2D eigenvalue weighted by molar-refractivity contribution is 0.0952. The van der Waals surface area contributed by atoms with Crippen molar-refractivity contribution >= 4 is 16.8 Å². The number of nitrogens with zero attached hydrogens (tertiary/aromatic N) is 3. The molecule has 2 N–H and O–H groups in total. The van der Waals surface area contributed by atoms with Gasteiger partial charge in [-0.2, -0.15) is 10.2 Å². The third-order valence-corrected chi connectivity index (χ3v) is 3.11. The fourth-order valence-corrected chi connectivity index (χ4v) is 2.06. The molecule has 2 aromatic heterocycles. The average Bonchev–Trinajstić information content (AvgIpc) is 3.13. The van der Waals surface area contributed by atoms with Gasteiger partial charge in [0.25, 0.3) is 5.91 Å². The number of hydrogen-bond donors (Lipinski definition) is 2. The predicted molar refractivity (Wildman–Crippen MR) is 75.3 cm³/mol. The summed E-state index contributed by atoms with van der Waals surface area (Å²) in [7, 11) is 0. The van der Waals surface area contributed by atoms with E-state index in [9.17, 15) is 4.79 Å². The minimum Gasteiger partial charge on any atom is -0.352 e. The molecule has 2 heterocycles. The summed E-state index contributed by atoms with van der Waals surface area (Å²) in [6.45, 7) is 1.42. The molecule has 6 heteroatoms. The Bertz CT molecular complexity index is 701. The Kier molecular flexibility index (Phi) is 3.45. The number of fused-ring (bicyclic) bond motifs is 1. The van der Waals surface area contributed by atoms with Crippen LogP contribution in [0.5, 0.6) is 0 Å². The Hall–Kier alpha value is -2.63. The van der Waals surface area contributed by atoms with Crippen molar-refractivity contribution in [2.24, 2.45) is 0 Å². The molecule has 102 valence electrons. The number of carbonyl (C=O) groups excluding carboxylic acids is 1. The molecule has 0 saturated heterocycles. The van der Waals surface area contributed by atoms with Crippen molar-refractivity contribution in [2.75, 3.05) is 6.54 Å². The molecule has 0 unspecified atom stereocenters. The van der Waals surface area contributed by atoms with Crippen molar-refractivity contribution in [3.8, 4) is 0 Å². The van der Waals surface area contributed by atoms with E-state index in [-0.39, 0.29) is 5.91 Å². The number of rotatable bonds is 5. The van der Waals surface area contributed by atoms with E-state index in [0.717, 1.165) is 23.9 Å². The highest BCUT2D eigenvalue weighted by Crippen LogP contribution is 2.12. The molecule has 0 spiro atoms. The van der Waals surface area contributed by atoms with Crippen LogP contribution in [0.3, 0.4) is 0 Å². The second-order valence-corrected chi connectivity index (χ2v) is 4.55. The van der Waals surface area contributed by atoms with Crippen LogP contribution < -0.4 is 5.32 Å². The van der Waals surface area contributed by atoms with Crippen LogP contribution >= 0.6 is 0 Å². The number of benzene rings is 1. The first-order valence-corrected chi connectivity index (χ1v) is 6.52. The number of H-pyrrole nitrogens is 1. The van der Waals surface area contributed by atoms with Gasteiger partial charge in [0, 0.05) is 36.4 Å². The predicted octanol–water partition coefficient (Wildman–Crippen LogP) is 1.58. The summed E-state index contributed by atoms with van der Waals surface area (Å²) < 4.78 is 1.85. The fraction of sp³-hybridized carbons (Fsp3) is 0.214. The summed E-state index contributed by atoms with van der Waals surface area (Å²) >= 11 is 0. The third-order valence-electron chi connectivity index (χ3n) is 3.11. The van der Waals surface area contributed by atoms with Gasteiger partial charge in [0.1, 0.15) is 0 Å². The minimum absolute atomic E-state index is 0.0676. The Morgan fingerprint density at radius 2 is 2.35 bits per heavy atom. The summed E-state index contributed by atoms with van der Waals surface area (Å²) in [6.07, 6.45) is 6.24. The number of aromatic amines is 1. The van der Waals surface area contributed by atoms with Gasteiger partial charge >= 0.3 is 0 Å². The lowest BCUT2D eigenvalue weighted by Gasteiger charge is -2.05. The lowest BCUT2D eigenvalue weighted by atomic mass is 10.1. The zero-order valence-electron chi connectivity index (χ0n) is 10.9. The number of nitrogens with one attached hydrogen (secondary N) is 2. The summed E-state index contributed by atoms with van der Waals surface area (Å²) in [5.74, 6) is -0.0676. The van der Waals surface area contributed by atoms with Crippen LogP contribution in [0.2, 0.25) is 0 Å². The third kappa shape index (κ3) is 2.69. The van der Waals surface area contributed by atoms with Gasteiger partial charge in [0.2, 0.25) is 0 Å².